The summed E-state index contributed by atoms with van der Waals surface area (Å²) in [7, 11) is 0. The van der Waals surface area contributed by atoms with Crippen molar-refractivity contribution in [1.82, 2.24) is 14.9 Å². The lowest BCUT2D eigenvalue weighted by Crippen LogP contribution is -2.43. The van der Waals surface area contributed by atoms with Gasteiger partial charge in [0.1, 0.15) is 18.2 Å². The monoisotopic (exact) mass is 754 g/mol. The van der Waals surface area contributed by atoms with Crippen molar-refractivity contribution in [3.05, 3.63) is 197 Å². The van der Waals surface area contributed by atoms with Crippen molar-refractivity contribution in [3.63, 3.8) is 0 Å². The molecule has 2 atom stereocenters. The Hall–Kier alpha value is -5.54. The minimum absolute atomic E-state index is 0.0395. The predicted octanol–water partition coefficient (Wildman–Crippen LogP) is 10.2. The summed E-state index contributed by atoms with van der Waals surface area (Å²) in [5.74, 6) is -0.605. The zero-order valence-corrected chi connectivity index (χ0v) is 31.6. The number of amides is 1. The zero-order chi connectivity index (χ0) is 38.0. The first kappa shape index (κ1) is 37.8. The molecule has 0 radical (unpaired) electrons. The molecule has 0 unspecified atom stereocenters. The highest BCUT2D eigenvalue weighted by atomic mass is 32.2. The molecule has 6 nitrogen and oxygen atoms in total. The van der Waals surface area contributed by atoms with Crippen molar-refractivity contribution >= 4 is 23.8 Å². The third kappa shape index (κ3) is 8.89. The Morgan fingerprint density at radius 1 is 0.800 bits per heavy atom. The van der Waals surface area contributed by atoms with Crippen LogP contribution in [-0.2, 0) is 29.1 Å². The maximum Gasteiger partial charge on any atom is 0.410 e. The number of carbonyl (C=O) groups is 1. The first-order valence-corrected chi connectivity index (χ1v) is 19.6. The highest BCUT2D eigenvalue weighted by Gasteiger charge is 2.44. The van der Waals surface area contributed by atoms with E-state index in [1.807, 2.05) is 72.7 Å². The van der Waals surface area contributed by atoms with Gasteiger partial charge in [0, 0.05) is 36.3 Å². The number of aromatic nitrogens is 2. The maximum atomic E-state index is 15.2. The molecule has 55 heavy (non-hydrogen) atoms. The van der Waals surface area contributed by atoms with Crippen LogP contribution in [0.4, 0.5) is 19.5 Å². The summed E-state index contributed by atoms with van der Waals surface area (Å²) >= 11 is 1.88. The number of ether oxygens (including phenoxy) is 1. The van der Waals surface area contributed by atoms with Crippen molar-refractivity contribution in [3.8, 4) is 0 Å². The second kappa shape index (κ2) is 17.7. The first-order valence-electron chi connectivity index (χ1n) is 18.7. The predicted molar refractivity (Wildman–Crippen MR) is 216 cm³/mol. The van der Waals surface area contributed by atoms with Gasteiger partial charge in [-0.05, 0) is 58.9 Å². The fourth-order valence-electron chi connectivity index (χ4n) is 7.40. The SMILES string of the molecule is CCCc1cnc(N2C[C@H](SC(c3ccccc3)(c3ccccc3)c3ccccc3)C[C@H]2CN(Cc2cc(F)ccc2F)C(=O)OCc2ccccc2)nc1. The second-order valence-corrected chi connectivity index (χ2v) is 15.4. The van der Waals surface area contributed by atoms with Crippen LogP contribution in [0.1, 0.15) is 53.1 Å². The Bertz CT molecular complexity index is 2030. The van der Waals surface area contributed by atoms with Gasteiger partial charge in [0.05, 0.1) is 17.3 Å². The minimum atomic E-state index is -0.616. The number of nitrogens with zero attached hydrogens (tertiary/aromatic N) is 4. The molecule has 1 saturated heterocycles. The fourth-order valence-corrected chi connectivity index (χ4v) is 9.27. The lowest BCUT2D eigenvalue weighted by atomic mass is 9.84. The molecule has 1 aliphatic rings. The Labute approximate surface area is 326 Å². The van der Waals surface area contributed by atoms with Crippen LogP contribution in [-0.4, -0.2) is 45.3 Å². The topological polar surface area (TPSA) is 58.6 Å². The van der Waals surface area contributed by atoms with Crippen LogP contribution >= 0.6 is 11.8 Å². The van der Waals surface area contributed by atoms with Crippen LogP contribution in [0.3, 0.4) is 0 Å². The molecule has 1 amide bonds. The Kier molecular flexibility index (Phi) is 12.2. The van der Waals surface area contributed by atoms with Gasteiger partial charge in [-0.3, -0.25) is 0 Å². The van der Waals surface area contributed by atoms with Crippen LogP contribution in [0.15, 0.2) is 152 Å². The van der Waals surface area contributed by atoms with Gasteiger partial charge in [-0.2, -0.15) is 0 Å². The van der Waals surface area contributed by atoms with E-state index in [-0.39, 0.29) is 36.6 Å². The van der Waals surface area contributed by atoms with E-state index in [2.05, 4.69) is 84.6 Å². The smallest absolute Gasteiger partial charge is 0.410 e. The quantitative estimate of drug-likeness (QED) is 0.103. The van der Waals surface area contributed by atoms with Crippen LogP contribution in [0.2, 0.25) is 0 Å². The molecule has 0 aliphatic carbocycles. The van der Waals surface area contributed by atoms with Crippen molar-refractivity contribution in [1.29, 1.82) is 0 Å². The summed E-state index contributed by atoms with van der Waals surface area (Å²) in [4.78, 5) is 27.3. The standard InChI is InChI=1S/C46H44F2N4O2S/c1-2-15-35-28-49-44(50-29-35)52-32-42(55-46(37-18-9-4-10-19-37,38-20-11-5-12-21-38)39-22-13-6-14-23-39)27-41(52)31-51(30-36-26-40(47)24-25-43(36)48)45(53)54-33-34-16-7-3-8-17-34/h3-14,16-26,28-29,41-42H,2,15,27,30-33H2,1H3/t41-,42+/m0/s1. The number of hydrogen-bond donors (Lipinski definition) is 0. The Balaban J connectivity index is 1.26. The summed E-state index contributed by atoms with van der Waals surface area (Å²) in [5.41, 5.74) is 5.41. The molecule has 1 aromatic heterocycles. The molecule has 0 saturated carbocycles. The third-order valence-corrected chi connectivity index (χ3v) is 11.7. The second-order valence-electron chi connectivity index (χ2n) is 13.9. The Morgan fingerprint density at radius 2 is 1.36 bits per heavy atom. The van der Waals surface area contributed by atoms with Crippen LogP contribution in [0.25, 0.3) is 0 Å². The molecule has 5 aromatic carbocycles. The van der Waals surface area contributed by atoms with Crippen LogP contribution in [0, 0.1) is 11.6 Å². The minimum Gasteiger partial charge on any atom is -0.445 e. The number of anilines is 1. The normalized spacial score (nSPS) is 15.5. The Morgan fingerprint density at radius 3 is 1.93 bits per heavy atom. The molecule has 7 rings (SSSR count). The molecule has 280 valence electrons. The molecule has 1 fully saturated rings. The molecule has 0 spiro atoms. The molecule has 0 bridgehead atoms. The van der Waals surface area contributed by atoms with Crippen molar-refractivity contribution in [2.24, 2.45) is 0 Å². The van der Waals surface area contributed by atoms with Crippen molar-refractivity contribution in [2.45, 2.75) is 55.4 Å². The highest BCUT2D eigenvalue weighted by molar-refractivity contribution is 8.01. The average molecular weight is 755 g/mol. The summed E-state index contributed by atoms with van der Waals surface area (Å²) in [6, 6.07) is 44.1. The number of hydrogen-bond acceptors (Lipinski definition) is 6. The third-order valence-electron chi connectivity index (χ3n) is 10.0. The van der Waals surface area contributed by atoms with Gasteiger partial charge < -0.3 is 14.5 Å². The molecule has 2 heterocycles. The van der Waals surface area contributed by atoms with Gasteiger partial charge in [0.2, 0.25) is 5.95 Å². The largest absolute Gasteiger partial charge is 0.445 e. The van der Waals surface area contributed by atoms with E-state index in [1.165, 1.54) is 4.90 Å². The molecule has 1 aliphatic heterocycles. The highest BCUT2D eigenvalue weighted by Crippen LogP contribution is 2.52. The van der Waals surface area contributed by atoms with Gasteiger partial charge in [-0.15, -0.1) is 11.8 Å². The van der Waals surface area contributed by atoms with E-state index in [1.54, 1.807) is 0 Å². The summed E-state index contributed by atoms with van der Waals surface area (Å²) in [6.07, 6.45) is 5.64. The zero-order valence-electron chi connectivity index (χ0n) is 30.8. The van der Waals surface area contributed by atoms with Crippen molar-refractivity contribution in [2.75, 3.05) is 18.0 Å². The molecule has 6 aromatic rings. The van der Waals surface area contributed by atoms with Gasteiger partial charge in [-0.25, -0.2) is 23.5 Å². The molecular weight excluding hydrogens is 711 g/mol. The molecule has 0 N–H and O–H groups in total. The molecular formula is C46H44F2N4O2S. The number of halogens is 2. The first-order chi connectivity index (χ1) is 26.9. The summed E-state index contributed by atoms with van der Waals surface area (Å²) < 4.78 is 34.8. The van der Waals surface area contributed by atoms with E-state index in [4.69, 9.17) is 14.7 Å². The van der Waals surface area contributed by atoms with Gasteiger partial charge in [0.15, 0.2) is 0 Å². The summed E-state index contributed by atoms with van der Waals surface area (Å²) in [6.45, 7) is 2.77. The lowest BCUT2D eigenvalue weighted by Gasteiger charge is -2.37. The van der Waals surface area contributed by atoms with Crippen molar-refractivity contribution < 1.29 is 18.3 Å². The van der Waals surface area contributed by atoms with E-state index in [0.29, 0.717) is 18.9 Å². The maximum absolute atomic E-state index is 15.2. The van der Waals surface area contributed by atoms with E-state index < -0.39 is 22.5 Å². The van der Waals surface area contributed by atoms with E-state index >= 15 is 4.39 Å². The number of rotatable bonds is 14. The van der Waals surface area contributed by atoms with E-state index in [9.17, 15) is 9.18 Å². The van der Waals surface area contributed by atoms with E-state index in [0.717, 1.165) is 58.9 Å². The van der Waals surface area contributed by atoms with Gasteiger partial charge in [-0.1, -0.05) is 135 Å². The van der Waals surface area contributed by atoms with Crippen LogP contribution in [0.5, 0.6) is 0 Å². The van der Waals surface area contributed by atoms with Crippen LogP contribution < -0.4 is 4.90 Å². The van der Waals surface area contributed by atoms with Gasteiger partial charge in [0.25, 0.3) is 0 Å². The fraction of sp³-hybridized carbons (Fsp3) is 0.239. The van der Waals surface area contributed by atoms with Gasteiger partial charge >= 0.3 is 6.09 Å². The average Bonchev–Trinajstić information content (AvgIpc) is 3.63. The number of thioether (sulfide) groups is 1. The number of benzene rings is 5. The lowest BCUT2D eigenvalue weighted by molar-refractivity contribution is 0.0910. The molecule has 9 heteroatoms. The number of aryl methyl sites for hydroxylation is 1. The summed E-state index contributed by atoms with van der Waals surface area (Å²) in [5, 5.41) is 0.0395. The number of carbonyl (C=O) groups excluding carboxylic acids is 1.